The lowest BCUT2D eigenvalue weighted by molar-refractivity contribution is 0.101. The molecule has 4 nitrogen and oxygen atoms in total. The van der Waals surface area contributed by atoms with Gasteiger partial charge in [-0.1, -0.05) is 0 Å². The van der Waals surface area contributed by atoms with Gasteiger partial charge in [-0.05, 0) is 31.2 Å². The fraction of sp³-hybridized carbons (Fsp3) is 0.133. The second-order valence-corrected chi connectivity index (χ2v) is 4.25. The summed E-state index contributed by atoms with van der Waals surface area (Å²) in [7, 11) is 1.57. The molecule has 1 aromatic carbocycles. The molecule has 0 N–H and O–H groups in total. The van der Waals surface area contributed by atoms with Crippen molar-refractivity contribution in [1.29, 1.82) is 0 Å². The molecule has 0 saturated carbocycles. The first-order valence-corrected chi connectivity index (χ1v) is 5.86. The number of benzene rings is 1. The Labute approximate surface area is 110 Å². The molecule has 1 aromatic heterocycles. The van der Waals surface area contributed by atoms with Gasteiger partial charge in [0.1, 0.15) is 23.0 Å². The molecule has 0 amide bonds. The Balaban J connectivity index is 1.96. The highest BCUT2D eigenvalue weighted by Gasteiger charge is 2.27. The minimum atomic E-state index is -0.147. The summed E-state index contributed by atoms with van der Waals surface area (Å²) >= 11 is 0. The maximum atomic E-state index is 12.1. The van der Waals surface area contributed by atoms with E-state index in [0.717, 1.165) is 5.76 Å². The fourth-order valence-electron chi connectivity index (χ4n) is 1.95. The number of ether oxygens (including phenoxy) is 2. The molecule has 0 atom stereocenters. The highest BCUT2D eigenvalue weighted by atomic mass is 16.5. The van der Waals surface area contributed by atoms with E-state index in [9.17, 15) is 4.79 Å². The van der Waals surface area contributed by atoms with E-state index >= 15 is 0 Å². The molecule has 1 aliphatic rings. The number of Topliss-reactive ketones (excluding diaryl/α,β-unsaturated/α-hetero) is 1. The van der Waals surface area contributed by atoms with Crippen LogP contribution in [-0.4, -0.2) is 12.9 Å². The topological polar surface area (TPSA) is 48.7 Å². The molecule has 0 bridgehead atoms. The minimum absolute atomic E-state index is 0.147. The Morgan fingerprint density at radius 1 is 1.21 bits per heavy atom. The normalized spacial score (nSPS) is 15.5. The molecule has 3 rings (SSSR count). The minimum Gasteiger partial charge on any atom is -0.497 e. The molecule has 0 radical (unpaired) electrons. The third kappa shape index (κ3) is 2.01. The average Bonchev–Trinajstić information content (AvgIpc) is 2.95. The smallest absolute Gasteiger partial charge is 0.232 e. The zero-order chi connectivity index (χ0) is 13.4. The van der Waals surface area contributed by atoms with E-state index in [1.807, 2.05) is 13.0 Å². The number of fused-ring (bicyclic) bond motifs is 1. The van der Waals surface area contributed by atoms with Crippen molar-refractivity contribution >= 4 is 11.9 Å². The van der Waals surface area contributed by atoms with Crippen LogP contribution >= 0.6 is 0 Å². The Hall–Kier alpha value is -2.49. The lowest BCUT2D eigenvalue weighted by atomic mass is 10.1. The summed E-state index contributed by atoms with van der Waals surface area (Å²) in [5.41, 5.74) is 0.537. The standard InChI is InChI=1S/C15H12O4/c1-9-3-4-11(18-9)8-14-15(16)12-6-5-10(17-2)7-13(12)19-14/h3-8H,1-2H3/b14-8+. The average molecular weight is 256 g/mol. The van der Waals surface area contributed by atoms with Gasteiger partial charge in [0.25, 0.3) is 0 Å². The van der Waals surface area contributed by atoms with Gasteiger partial charge in [-0.3, -0.25) is 4.79 Å². The molecule has 0 unspecified atom stereocenters. The SMILES string of the molecule is COc1ccc2c(c1)O/C(=C/c1ccc(C)o1)C2=O. The molecule has 2 aromatic rings. The number of furan rings is 1. The number of ketones is 1. The van der Waals surface area contributed by atoms with Crippen molar-refractivity contribution in [1.82, 2.24) is 0 Å². The number of rotatable bonds is 2. The summed E-state index contributed by atoms with van der Waals surface area (Å²) < 4.78 is 16.1. The maximum absolute atomic E-state index is 12.1. The van der Waals surface area contributed by atoms with E-state index in [4.69, 9.17) is 13.9 Å². The van der Waals surface area contributed by atoms with Gasteiger partial charge in [0, 0.05) is 12.1 Å². The fourth-order valence-corrected chi connectivity index (χ4v) is 1.95. The Morgan fingerprint density at radius 2 is 2.05 bits per heavy atom. The Bertz CT molecular complexity index is 679. The molecule has 1 aliphatic heterocycles. The summed E-state index contributed by atoms with van der Waals surface area (Å²) in [6, 6.07) is 8.76. The van der Waals surface area contributed by atoms with Crippen molar-refractivity contribution < 1.29 is 18.7 Å². The predicted octanol–water partition coefficient (Wildman–Crippen LogP) is 3.21. The van der Waals surface area contributed by atoms with E-state index in [1.165, 1.54) is 0 Å². The van der Waals surface area contributed by atoms with Crippen molar-refractivity contribution in [2.45, 2.75) is 6.92 Å². The Kier molecular flexibility index (Phi) is 2.63. The van der Waals surface area contributed by atoms with Crippen molar-refractivity contribution in [3.8, 4) is 11.5 Å². The van der Waals surface area contributed by atoms with Gasteiger partial charge in [0.15, 0.2) is 5.76 Å². The third-order valence-electron chi connectivity index (χ3n) is 2.91. The number of hydrogen-bond acceptors (Lipinski definition) is 4. The van der Waals surface area contributed by atoms with Gasteiger partial charge in [-0.15, -0.1) is 0 Å². The number of carbonyl (C=O) groups is 1. The largest absolute Gasteiger partial charge is 0.497 e. The van der Waals surface area contributed by atoms with Crippen LogP contribution in [-0.2, 0) is 0 Å². The summed E-state index contributed by atoms with van der Waals surface area (Å²) in [5, 5.41) is 0. The van der Waals surface area contributed by atoms with Crippen LogP contribution in [0.2, 0.25) is 0 Å². The van der Waals surface area contributed by atoms with E-state index < -0.39 is 0 Å². The van der Waals surface area contributed by atoms with E-state index in [-0.39, 0.29) is 11.5 Å². The third-order valence-corrected chi connectivity index (χ3v) is 2.91. The number of aryl methyl sites for hydroxylation is 1. The van der Waals surface area contributed by atoms with Crippen LogP contribution in [0, 0.1) is 6.92 Å². The first-order chi connectivity index (χ1) is 9.17. The predicted molar refractivity (Wildman–Crippen MR) is 69.4 cm³/mol. The van der Waals surface area contributed by atoms with Crippen LogP contribution in [0.5, 0.6) is 11.5 Å². The van der Waals surface area contributed by atoms with Gasteiger partial charge in [0.05, 0.1) is 12.7 Å². The van der Waals surface area contributed by atoms with Gasteiger partial charge in [-0.25, -0.2) is 0 Å². The highest BCUT2D eigenvalue weighted by molar-refractivity contribution is 6.14. The molecular formula is C15H12O4. The quantitative estimate of drug-likeness (QED) is 0.774. The summed E-state index contributed by atoms with van der Waals surface area (Å²) in [6.07, 6.45) is 1.60. The number of methoxy groups -OCH3 is 1. The van der Waals surface area contributed by atoms with Crippen LogP contribution < -0.4 is 9.47 Å². The zero-order valence-electron chi connectivity index (χ0n) is 10.6. The number of carbonyl (C=O) groups excluding carboxylic acids is 1. The first kappa shape index (κ1) is 11.6. The molecule has 4 heteroatoms. The number of hydrogen-bond donors (Lipinski definition) is 0. The van der Waals surface area contributed by atoms with Crippen LogP contribution in [0.15, 0.2) is 40.5 Å². The zero-order valence-corrected chi connectivity index (χ0v) is 10.6. The van der Waals surface area contributed by atoms with Crippen LogP contribution in [0.4, 0.5) is 0 Å². The van der Waals surface area contributed by atoms with Crippen molar-refractivity contribution in [3.63, 3.8) is 0 Å². The second-order valence-electron chi connectivity index (χ2n) is 4.25. The maximum Gasteiger partial charge on any atom is 0.232 e. The molecule has 0 spiro atoms. The molecule has 2 heterocycles. The lowest BCUT2D eigenvalue weighted by Gasteiger charge is -2.01. The summed E-state index contributed by atoms with van der Waals surface area (Å²) in [5.74, 6) is 2.67. The molecule has 96 valence electrons. The summed E-state index contributed by atoms with van der Waals surface area (Å²) in [4.78, 5) is 12.1. The van der Waals surface area contributed by atoms with Crippen molar-refractivity contribution in [2.75, 3.05) is 7.11 Å². The first-order valence-electron chi connectivity index (χ1n) is 5.86. The second kappa shape index (κ2) is 4.31. The van der Waals surface area contributed by atoms with E-state index in [0.29, 0.717) is 22.8 Å². The highest BCUT2D eigenvalue weighted by Crippen LogP contribution is 2.34. The van der Waals surface area contributed by atoms with E-state index in [2.05, 4.69) is 0 Å². The van der Waals surface area contributed by atoms with E-state index in [1.54, 1.807) is 37.5 Å². The van der Waals surface area contributed by atoms with Gasteiger partial charge < -0.3 is 13.9 Å². The van der Waals surface area contributed by atoms with Crippen molar-refractivity contribution in [3.05, 3.63) is 53.2 Å². The van der Waals surface area contributed by atoms with Crippen LogP contribution in [0.25, 0.3) is 6.08 Å². The molecule has 0 fully saturated rings. The van der Waals surface area contributed by atoms with Gasteiger partial charge in [-0.2, -0.15) is 0 Å². The van der Waals surface area contributed by atoms with Gasteiger partial charge >= 0.3 is 0 Å². The van der Waals surface area contributed by atoms with Crippen molar-refractivity contribution in [2.24, 2.45) is 0 Å². The van der Waals surface area contributed by atoms with Gasteiger partial charge in [0.2, 0.25) is 5.78 Å². The van der Waals surface area contributed by atoms with Crippen LogP contribution in [0.1, 0.15) is 21.9 Å². The number of allylic oxidation sites excluding steroid dienone is 1. The monoisotopic (exact) mass is 256 g/mol. The summed E-state index contributed by atoms with van der Waals surface area (Å²) in [6.45, 7) is 1.85. The Morgan fingerprint density at radius 3 is 2.74 bits per heavy atom. The molecule has 0 aliphatic carbocycles. The van der Waals surface area contributed by atoms with Crippen LogP contribution in [0.3, 0.4) is 0 Å². The lowest BCUT2D eigenvalue weighted by Crippen LogP contribution is -1.97. The molecular weight excluding hydrogens is 244 g/mol. The molecule has 0 saturated heterocycles. The molecule has 19 heavy (non-hydrogen) atoms.